The smallest absolute Gasteiger partial charge is 0.381 e. The van der Waals surface area contributed by atoms with Gasteiger partial charge in [-0.1, -0.05) is 0 Å². The molecular formula is C6H16NO2Si. The average Bonchev–Trinajstić information content (AvgIpc) is 1.87. The lowest BCUT2D eigenvalue weighted by atomic mass is 10.9. The van der Waals surface area contributed by atoms with Gasteiger partial charge in [0.05, 0.1) is 0 Å². The maximum Gasteiger partial charge on any atom is 0.490 e. The van der Waals surface area contributed by atoms with Crippen molar-refractivity contribution in [1.29, 1.82) is 0 Å². The maximum absolute atomic E-state index is 5.35. The van der Waals surface area contributed by atoms with Crippen LogP contribution < -0.4 is 0 Å². The SMILES string of the molecule is CCO[Si](OCC)N(C)C. The van der Waals surface area contributed by atoms with Crippen LogP contribution in [0.3, 0.4) is 0 Å². The van der Waals surface area contributed by atoms with E-state index >= 15 is 0 Å². The topological polar surface area (TPSA) is 21.7 Å². The van der Waals surface area contributed by atoms with Crippen molar-refractivity contribution in [2.45, 2.75) is 13.8 Å². The van der Waals surface area contributed by atoms with Gasteiger partial charge in [-0.05, 0) is 27.9 Å². The third-order valence-electron chi connectivity index (χ3n) is 0.901. The van der Waals surface area contributed by atoms with Crippen molar-refractivity contribution < 1.29 is 8.85 Å². The van der Waals surface area contributed by atoms with Crippen LogP contribution in [0, 0.1) is 0 Å². The minimum atomic E-state index is -1.13. The normalized spacial score (nSPS) is 11.4. The summed E-state index contributed by atoms with van der Waals surface area (Å²) >= 11 is 0. The van der Waals surface area contributed by atoms with Crippen molar-refractivity contribution in [2.24, 2.45) is 0 Å². The summed E-state index contributed by atoms with van der Waals surface area (Å²) in [4.78, 5) is 0. The molecule has 0 heterocycles. The molecule has 0 atom stereocenters. The Kier molecular flexibility index (Phi) is 5.91. The number of hydrogen-bond donors (Lipinski definition) is 0. The van der Waals surface area contributed by atoms with Gasteiger partial charge < -0.3 is 8.85 Å². The van der Waals surface area contributed by atoms with Gasteiger partial charge in [-0.2, -0.15) is 0 Å². The van der Waals surface area contributed by atoms with E-state index in [2.05, 4.69) is 0 Å². The van der Waals surface area contributed by atoms with Crippen LogP contribution in [0.15, 0.2) is 0 Å². The van der Waals surface area contributed by atoms with Crippen LogP contribution in [0.25, 0.3) is 0 Å². The summed E-state index contributed by atoms with van der Waals surface area (Å²) in [5.41, 5.74) is 0. The molecule has 0 aliphatic rings. The lowest BCUT2D eigenvalue weighted by Crippen LogP contribution is -2.39. The van der Waals surface area contributed by atoms with E-state index in [0.29, 0.717) is 0 Å². The predicted octanol–water partition coefficient (Wildman–Crippen LogP) is 0.606. The molecule has 0 spiro atoms. The summed E-state index contributed by atoms with van der Waals surface area (Å²) in [7, 11) is 2.81. The first-order valence-electron chi connectivity index (χ1n) is 3.52. The summed E-state index contributed by atoms with van der Waals surface area (Å²) < 4.78 is 12.7. The summed E-state index contributed by atoms with van der Waals surface area (Å²) in [6, 6.07) is 0. The van der Waals surface area contributed by atoms with Gasteiger partial charge in [0.2, 0.25) is 0 Å². The van der Waals surface area contributed by atoms with Crippen LogP contribution in [0.4, 0.5) is 0 Å². The average molecular weight is 162 g/mol. The van der Waals surface area contributed by atoms with E-state index in [1.807, 2.05) is 32.5 Å². The Morgan fingerprint density at radius 2 is 1.50 bits per heavy atom. The number of nitrogens with zero attached hydrogens (tertiary/aromatic N) is 1. The molecule has 0 aliphatic carbocycles. The van der Waals surface area contributed by atoms with E-state index in [9.17, 15) is 0 Å². The molecular weight excluding hydrogens is 146 g/mol. The minimum absolute atomic E-state index is 0.729. The quantitative estimate of drug-likeness (QED) is 0.553. The molecule has 0 aromatic carbocycles. The molecule has 0 aromatic rings. The molecule has 0 aromatic heterocycles. The molecule has 4 heteroatoms. The molecule has 0 saturated carbocycles. The van der Waals surface area contributed by atoms with E-state index in [1.165, 1.54) is 0 Å². The third kappa shape index (κ3) is 4.00. The highest BCUT2D eigenvalue weighted by molar-refractivity contribution is 6.40. The van der Waals surface area contributed by atoms with Crippen LogP contribution in [0.2, 0.25) is 0 Å². The van der Waals surface area contributed by atoms with Crippen molar-refractivity contribution in [3.05, 3.63) is 0 Å². The Morgan fingerprint density at radius 1 is 1.10 bits per heavy atom. The van der Waals surface area contributed by atoms with Crippen molar-refractivity contribution >= 4 is 9.45 Å². The van der Waals surface area contributed by atoms with Gasteiger partial charge in [0.15, 0.2) is 0 Å². The van der Waals surface area contributed by atoms with E-state index in [1.54, 1.807) is 0 Å². The summed E-state index contributed by atoms with van der Waals surface area (Å²) in [5, 5.41) is 0. The monoisotopic (exact) mass is 162 g/mol. The van der Waals surface area contributed by atoms with Crippen LogP contribution >= 0.6 is 0 Å². The minimum Gasteiger partial charge on any atom is -0.381 e. The third-order valence-corrected chi connectivity index (χ3v) is 2.70. The molecule has 0 bridgehead atoms. The first kappa shape index (κ1) is 10.1. The van der Waals surface area contributed by atoms with Gasteiger partial charge in [-0.3, -0.25) is 4.57 Å². The molecule has 0 N–H and O–H groups in total. The van der Waals surface area contributed by atoms with Gasteiger partial charge in [-0.25, -0.2) is 0 Å². The molecule has 0 rings (SSSR count). The van der Waals surface area contributed by atoms with E-state index in [0.717, 1.165) is 13.2 Å². The fourth-order valence-corrected chi connectivity index (χ4v) is 1.64. The highest BCUT2D eigenvalue weighted by Gasteiger charge is 2.17. The first-order valence-corrected chi connectivity index (χ1v) is 4.78. The number of hydrogen-bond acceptors (Lipinski definition) is 3. The van der Waals surface area contributed by atoms with E-state index in [-0.39, 0.29) is 0 Å². The molecule has 0 aliphatic heterocycles. The Balaban J connectivity index is 3.50. The number of rotatable bonds is 5. The molecule has 1 radical (unpaired) electrons. The second-order valence-corrected chi connectivity index (χ2v) is 4.03. The molecule has 0 saturated heterocycles. The Morgan fingerprint density at radius 3 is 1.70 bits per heavy atom. The van der Waals surface area contributed by atoms with Gasteiger partial charge >= 0.3 is 9.45 Å². The highest BCUT2D eigenvalue weighted by Crippen LogP contribution is 1.91. The highest BCUT2D eigenvalue weighted by atomic mass is 28.3. The molecule has 0 amide bonds. The van der Waals surface area contributed by atoms with E-state index in [4.69, 9.17) is 8.85 Å². The van der Waals surface area contributed by atoms with Crippen molar-refractivity contribution in [2.75, 3.05) is 27.3 Å². The summed E-state index contributed by atoms with van der Waals surface area (Å²) in [6.45, 7) is 5.42. The first-order chi connectivity index (χ1) is 4.72. The van der Waals surface area contributed by atoms with E-state index < -0.39 is 9.45 Å². The zero-order valence-corrected chi connectivity index (χ0v) is 8.18. The summed E-state index contributed by atoms with van der Waals surface area (Å²) in [6.07, 6.45) is 0. The van der Waals surface area contributed by atoms with Crippen molar-refractivity contribution in [1.82, 2.24) is 4.57 Å². The van der Waals surface area contributed by atoms with Crippen LogP contribution in [-0.2, 0) is 8.85 Å². The Bertz CT molecular complexity index is 74.1. The van der Waals surface area contributed by atoms with Crippen LogP contribution in [0.5, 0.6) is 0 Å². The fraction of sp³-hybridized carbons (Fsp3) is 1.00. The zero-order chi connectivity index (χ0) is 7.98. The zero-order valence-electron chi connectivity index (χ0n) is 7.18. The maximum atomic E-state index is 5.35. The van der Waals surface area contributed by atoms with Crippen molar-refractivity contribution in [3.63, 3.8) is 0 Å². The predicted molar refractivity (Wildman–Crippen MR) is 42.7 cm³/mol. The molecule has 61 valence electrons. The Hall–Kier alpha value is 0.0969. The van der Waals surface area contributed by atoms with Crippen LogP contribution in [0.1, 0.15) is 13.8 Å². The molecule has 3 nitrogen and oxygen atoms in total. The van der Waals surface area contributed by atoms with Crippen LogP contribution in [-0.4, -0.2) is 41.3 Å². The van der Waals surface area contributed by atoms with Gasteiger partial charge in [0, 0.05) is 13.2 Å². The standard InChI is InChI=1S/C6H16NO2Si/c1-5-8-10(7(3)4)9-6-2/h5-6H2,1-4H3. The lowest BCUT2D eigenvalue weighted by Gasteiger charge is -2.18. The van der Waals surface area contributed by atoms with Gasteiger partial charge in [0.1, 0.15) is 0 Å². The van der Waals surface area contributed by atoms with Gasteiger partial charge in [-0.15, -0.1) is 0 Å². The molecule has 10 heavy (non-hydrogen) atoms. The second kappa shape index (κ2) is 5.85. The van der Waals surface area contributed by atoms with Gasteiger partial charge in [0.25, 0.3) is 0 Å². The lowest BCUT2D eigenvalue weighted by molar-refractivity contribution is 0.173. The molecule has 0 fully saturated rings. The fourth-order valence-electron chi connectivity index (χ4n) is 0.547. The summed E-state index contributed by atoms with van der Waals surface area (Å²) in [5.74, 6) is 0. The second-order valence-electron chi connectivity index (χ2n) is 2.03. The largest absolute Gasteiger partial charge is 0.490 e. The van der Waals surface area contributed by atoms with Crippen molar-refractivity contribution in [3.8, 4) is 0 Å². The Labute approximate surface area is 64.9 Å². The molecule has 0 unspecified atom stereocenters.